The van der Waals surface area contributed by atoms with E-state index in [1.54, 1.807) is 0 Å². The number of nitrogens with two attached hydrogens (primary N) is 1. The molecule has 90 valence electrons. The molecule has 2 rings (SSSR count). The first kappa shape index (κ1) is 11.5. The van der Waals surface area contributed by atoms with Crippen LogP contribution in [0.15, 0.2) is 4.52 Å². The molecular formula is C11H20N4O. The van der Waals surface area contributed by atoms with Crippen LogP contribution in [-0.2, 0) is 6.42 Å². The molecule has 5 heteroatoms. The Kier molecular flexibility index (Phi) is 3.90. The molecule has 1 fully saturated rings. The van der Waals surface area contributed by atoms with Crippen LogP contribution in [0.5, 0.6) is 0 Å². The molecule has 0 unspecified atom stereocenters. The van der Waals surface area contributed by atoms with E-state index in [-0.39, 0.29) is 0 Å². The van der Waals surface area contributed by atoms with Crippen molar-refractivity contribution in [2.45, 2.75) is 31.6 Å². The third-order valence-electron chi connectivity index (χ3n) is 3.16. The molecule has 0 spiro atoms. The van der Waals surface area contributed by atoms with Gasteiger partial charge in [-0.3, -0.25) is 0 Å². The summed E-state index contributed by atoms with van der Waals surface area (Å²) in [6.45, 7) is 2.92. The van der Waals surface area contributed by atoms with Gasteiger partial charge in [0.2, 0.25) is 5.89 Å². The van der Waals surface area contributed by atoms with Gasteiger partial charge in [0, 0.05) is 12.3 Å². The van der Waals surface area contributed by atoms with Crippen LogP contribution in [0.3, 0.4) is 0 Å². The van der Waals surface area contributed by atoms with Crippen LogP contribution in [-0.4, -0.2) is 41.7 Å². The molecule has 2 N–H and O–H groups in total. The minimum Gasteiger partial charge on any atom is -0.339 e. The molecule has 2 heterocycles. The Morgan fingerprint density at radius 3 is 2.88 bits per heavy atom. The van der Waals surface area contributed by atoms with Gasteiger partial charge in [-0.15, -0.1) is 0 Å². The van der Waals surface area contributed by atoms with Crippen LogP contribution in [0, 0.1) is 0 Å². The molecule has 1 aliphatic rings. The molecule has 5 nitrogen and oxygen atoms in total. The van der Waals surface area contributed by atoms with Crippen molar-refractivity contribution in [2.24, 2.45) is 5.73 Å². The summed E-state index contributed by atoms with van der Waals surface area (Å²) in [4.78, 5) is 6.78. The third kappa shape index (κ3) is 2.80. The van der Waals surface area contributed by atoms with Gasteiger partial charge < -0.3 is 15.2 Å². The highest BCUT2D eigenvalue weighted by Gasteiger charge is 2.22. The van der Waals surface area contributed by atoms with Crippen molar-refractivity contribution < 1.29 is 4.52 Å². The zero-order valence-electron chi connectivity index (χ0n) is 9.85. The second-order valence-electron chi connectivity index (χ2n) is 4.52. The van der Waals surface area contributed by atoms with Gasteiger partial charge in [-0.25, -0.2) is 0 Å². The van der Waals surface area contributed by atoms with E-state index in [0.717, 1.165) is 50.5 Å². The van der Waals surface area contributed by atoms with Gasteiger partial charge in [-0.05, 0) is 45.9 Å². The standard InChI is InChI=1S/C11H20N4O/c1-15-7-4-9(5-8-15)11-13-10(16-14-11)3-2-6-12/h9H,2-8,12H2,1H3. The highest BCUT2D eigenvalue weighted by molar-refractivity contribution is 4.97. The summed E-state index contributed by atoms with van der Waals surface area (Å²) >= 11 is 0. The van der Waals surface area contributed by atoms with E-state index >= 15 is 0 Å². The molecule has 1 aromatic heterocycles. The third-order valence-corrected chi connectivity index (χ3v) is 3.16. The van der Waals surface area contributed by atoms with Crippen molar-refractivity contribution in [3.63, 3.8) is 0 Å². The number of nitrogens with zero attached hydrogens (tertiary/aromatic N) is 3. The molecular weight excluding hydrogens is 204 g/mol. The second kappa shape index (κ2) is 5.41. The van der Waals surface area contributed by atoms with Gasteiger partial charge in [0.15, 0.2) is 5.82 Å². The van der Waals surface area contributed by atoms with E-state index in [1.807, 2.05) is 0 Å². The zero-order chi connectivity index (χ0) is 11.4. The molecule has 16 heavy (non-hydrogen) atoms. The van der Waals surface area contributed by atoms with E-state index in [4.69, 9.17) is 10.3 Å². The first-order chi connectivity index (χ1) is 7.79. The van der Waals surface area contributed by atoms with Gasteiger partial charge in [0.25, 0.3) is 0 Å². The zero-order valence-corrected chi connectivity index (χ0v) is 9.85. The topological polar surface area (TPSA) is 68.2 Å². The van der Waals surface area contributed by atoms with Crippen molar-refractivity contribution in [2.75, 3.05) is 26.7 Å². The number of aromatic nitrogens is 2. The maximum Gasteiger partial charge on any atom is 0.226 e. The lowest BCUT2D eigenvalue weighted by Crippen LogP contribution is -2.29. The molecule has 0 atom stereocenters. The summed E-state index contributed by atoms with van der Waals surface area (Å²) in [6.07, 6.45) is 3.98. The van der Waals surface area contributed by atoms with Gasteiger partial charge in [-0.1, -0.05) is 5.16 Å². The highest BCUT2D eigenvalue weighted by atomic mass is 16.5. The van der Waals surface area contributed by atoms with E-state index in [2.05, 4.69) is 22.1 Å². The molecule has 1 aromatic rings. The summed E-state index contributed by atoms with van der Waals surface area (Å²) in [5.41, 5.74) is 5.45. The van der Waals surface area contributed by atoms with E-state index < -0.39 is 0 Å². The Morgan fingerprint density at radius 1 is 1.44 bits per heavy atom. The Bertz CT molecular complexity index is 318. The van der Waals surface area contributed by atoms with Crippen molar-refractivity contribution >= 4 is 0 Å². The van der Waals surface area contributed by atoms with Crippen LogP contribution in [0.2, 0.25) is 0 Å². The molecule has 0 aliphatic carbocycles. The first-order valence-electron chi connectivity index (χ1n) is 6.00. The molecule has 0 bridgehead atoms. The number of aryl methyl sites for hydroxylation is 1. The minimum atomic E-state index is 0.478. The molecule has 0 amide bonds. The fourth-order valence-electron chi connectivity index (χ4n) is 2.06. The van der Waals surface area contributed by atoms with E-state index in [1.165, 1.54) is 0 Å². The largest absolute Gasteiger partial charge is 0.339 e. The molecule has 1 saturated heterocycles. The van der Waals surface area contributed by atoms with Crippen molar-refractivity contribution in [1.29, 1.82) is 0 Å². The summed E-state index contributed by atoms with van der Waals surface area (Å²) < 4.78 is 5.22. The smallest absolute Gasteiger partial charge is 0.226 e. The maximum atomic E-state index is 5.45. The van der Waals surface area contributed by atoms with Crippen LogP contribution in [0.1, 0.15) is 36.9 Å². The fraction of sp³-hybridized carbons (Fsp3) is 0.818. The Morgan fingerprint density at radius 2 is 2.19 bits per heavy atom. The van der Waals surface area contributed by atoms with E-state index in [0.29, 0.717) is 12.5 Å². The Labute approximate surface area is 96.0 Å². The summed E-state index contributed by atoms with van der Waals surface area (Å²) in [5, 5.41) is 4.07. The first-order valence-corrected chi connectivity index (χ1v) is 6.00. The van der Waals surface area contributed by atoms with Gasteiger partial charge in [0.1, 0.15) is 0 Å². The predicted molar refractivity (Wildman–Crippen MR) is 61.1 cm³/mol. The number of likely N-dealkylation sites (tertiary alicyclic amines) is 1. The van der Waals surface area contributed by atoms with Crippen LogP contribution >= 0.6 is 0 Å². The average molecular weight is 224 g/mol. The summed E-state index contributed by atoms with van der Waals surface area (Å²) in [5.74, 6) is 2.10. The van der Waals surface area contributed by atoms with Crippen molar-refractivity contribution in [3.8, 4) is 0 Å². The Hall–Kier alpha value is -0.940. The Balaban J connectivity index is 1.91. The number of rotatable bonds is 4. The lowest BCUT2D eigenvalue weighted by Gasteiger charge is -2.26. The monoisotopic (exact) mass is 224 g/mol. The van der Waals surface area contributed by atoms with Crippen molar-refractivity contribution in [3.05, 3.63) is 11.7 Å². The normalized spacial score (nSPS) is 19.1. The van der Waals surface area contributed by atoms with E-state index in [9.17, 15) is 0 Å². The number of hydrogen-bond donors (Lipinski definition) is 1. The summed E-state index contributed by atoms with van der Waals surface area (Å²) in [7, 11) is 2.15. The highest BCUT2D eigenvalue weighted by Crippen LogP contribution is 2.25. The molecule has 0 radical (unpaired) electrons. The maximum absolute atomic E-state index is 5.45. The van der Waals surface area contributed by atoms with Gasteiger partial charge in [0.05, 0.1) is 0 Å². The van der Waals surface area contributed by atoms with Crippen LogP contribution < -0.4 is 5.73 Å². The van der Waals surface area contributed by atoms with Crippen LogP contribution in [0.25, 0.3) is 0 Å². The fourth-order valence-corrected chi connectivity index (χ4v) is 2.06. The van der Waals surface area contributed by atoms with Crippen molar-refractivity contribution in [1.82, 2.24) is 15.0 Å². The SMILES string of the molecule is CN1CCC(c2noc(CCCN)n2)CC1. The summed E-state index contributed by atoms with van der Waals surface area (Å²) in [6, 6.07) is 0. The number of piperidine rings is 1. The molecule has 1 aliphatic heterocycles. The van der Waals surface area contributed by atoms with Crippen LogP contribution in [0.4, 0.5) is 0 Å². The number of hydrogen-bond acceptors (Lipinski definition) is 5. The quantitative estimate of drug-likeness (QED) is 0.818. The van der Waals surface area contributed by atoms with Gasteiger partial charge in [-0.2, -0.15) is 4.98 Å². The second-order valence-corrected chi connectivity index (χ2v) is 4.52. The predicted octanol–water partition coefficient (Wildman–Crippen LogP) is 0.770. The molecule has 0 aromatic carbocycles. The minimum absolute atomic E-state index is 0.478. The average Bonchev–Trinajstić information content (AvgIpc) is 2.76. The van der Waals surface area contributed by atoms with Gasteiger partial charge >= 0.3 is 0 Å². The lowest BCUT2D eigenvalue weighted by atomic mass is 9.97. The molecule has 0 saturated carbocycles. The lowest BCUT2D eigenvalue weighted by molar-refractivity contribution is 0.248.